The zero-order valence-electron chi connectivity index (χ0n) is 12.1. The standard InChI is InChI=1S/C14H16N2O6/c1-21-10-6-8(7-11(22-2)12(10)17)5-9-3-4-16(13(9)18)14(19)15-20/h5-7,17,20H,3-4H2,1-2H3,(H,15,19). The molecule has 0 atom stereocenters. The maximum Gasteiger partial charge on any atom is 0.348 e. The summed E-state index contributed by atoms with van der Waals surface area (Å²) in [5.41, 5.74) is 2.42. The number of amides is 3. The van der Waals surface area contributed by atoms with E-state index in [1.807, 2.05) is 0 Å². The van der Waals surface area contributed by atoms with E-state index in [1.54, 1.807) is 18.2 Å². The van der Waals surface area contributed by atoms with Crippen molar-refractivity contribution < 1.29 is 29.4 Å². The summed E-state index contributed by atoms with van der Waals surface area (Å²) in [6.45, 7) is 0.184. The number of hydroxylamine groups is 1. The van der Waals surface area contributed by atoms with Gasteiger partial charge in [0.15, 0.2) is 11.5 Å². The number of hydrogen-bond acceptors (Lipinski definition) is 6. The van der Waals surface area contributed by atoms with Crippen LogP contribution in [0.5, 0.6) is 17.2 Å². The van der Waals surface area contributed by atoms with Crippen molar-refractivity contribution in [3.05, 3.63) is 23.3 Å². The third-order valence-electron chi connectivity index (χ3n) is 3.31. The second-order valence-electron chi connectivity index (χ2n) is 4.57. The Balaban J connectivity index is 2.34. The van der Waals surface area contributed by atoms with Crippen LogP contribution < -0.4 is 15.0 Å². The number of hydrogen-bond donors (Lipinski definition) is 3. The number of aromatic hydroxyl groups is 1. The molecular weight excluding hydrogens is 292 g/mol. The van der Waals surface area contributed by atoms with Gasteiger partial charge in [0.1, 0.15) is 0 Å². The fourth-order valence-electron chi connectivity index (χ4n) is 2.20. The number of ether oxygens (including phenoxy) is 2. The highest BCUT2D eigenvalue weighted by molar-refractivity contribution is 6.08. The van der Waals surface area contributed by atoms with Gasteiger partial charge in [-0.2, -0.15) is 0 Å². The summed E-state index contributed by atoms with van der Waals surface area (Å²) in [4.78, 5) is 24.3. The molecule has 0 aromatic heterocycles. The van der Waals surface area contributed by atoms with Crippen LogP contribution in [0.3, 0.4) is 0 Å². The third kappa shape index (κ3) is 2.82. The first kappa shape index (κ1) is 15.6. The predicted octanol–water partition coefficient (Wildman–Crippen LogP) is 1.12. The summed E-state index contributed by atoms with van der Waals surface area (Å²) < 4.78 is 10.1. The van der Waals surface area contributed by atoms with Crippen LogP contribution in [0, 0.1) is 0 Å². The number of carbonyl (C=O) groups is 2. The van der Waals surface area contributed by atoms with Crippen molar-refractivity contribution in [2.24, 2.45) is 0 Å². The Morgan fingerprint density at radius 2 is 1.91 bits per heavy atom. The van der Waals surface area contributed by atoms with Gasteiger partial charge in [0.05, 0.1) is 14.2 Å². The number of urea groups is 1. The number of phenolic OH excluding ortho intramolecular Hbond substituents is 1. The highest BCUT2D eigenvalue weighted by atomic mass is 16.5. The first-order chi connectivity index (χ1) is 10.5. The molecule has 8 nitrogen and oxygen atoms in total. The summed E-state index contributed by atoms with van der Waals surface area (Å²) >= 11 is 0. The highest BCUT2D eigenvalue weighted by Crippen LogP contribution is 2.38. The number of carbonyl (C=O) groups excluding carboxylic acids is 2. The van der Waals surface area contributed by atoms with Crippen LogP contribution in [-0.4, -0.2) is 47.9 Å². The largest absolute Gasteiger partial charge is 0.502 e. The molecule has 3 amide bonds. The average molecular weight is 308 g/mol. The lowest BCUT2D eigenvalue weighted by Gasteiger charge is -2.11. The molecule has 2 rings (SSSR count). The Hall–Kier alpha value is -2.74. The van der Waals surface area contributed by atoms with Gasteiger partial charge in [-0.25, -0.2) is 10.3 Å². The number of nitrogens with zero attached hydrogens (tertiary/aromatic N) is 1. The zero-order valence-corrected chi connectivity index (χ0v) is 12.1. The van der Waals surface area contributed by atoms with Crippen LogP contribution in [0.1, 0.15) is 12.0 Å². The molecule has 1 saturated heterocycles. The average Bonchev–Trinajstić information content (AvgIpc) is 2.89. The van der Waals surface area contributed by atoms with Crippen molar-refractivity contribution in [3.8, 4) is 17.2 Å². The molecule has 1 heterocycles. The Morgan fingerprint density at radius 1 is 1.32 bits per heavy atom. The van der Waals surface area contributed by atoms with Crippen molar-refractivity contribution in [2.75, 3.05) is 20.8 Å². The summed E-state index contributed by atoms with van der Waals surface area (Å²) in [5.74, 6) is -0.202. The Bertz CT molecular complexity index is 615. The Morgan fingerprint density at radius 3 is 2.41 bits per heavy atom. The molecule has 0 aliphatic carbocycles. The van der Waals surface area contributed by atoms with Gasteiger partial charge in [0, 0.05) is 12.1 Å². The molecular formula is C14H16N2O6. The van der Waals surface area contributed by atoms with Crippen molar-refractivity contribution in [2.45, 2.75) is 6.42 Å². The Kier molecular flexibility index (Phi) is 4.52. The van der Waals surface area contributed by atoms with Crippen LogP contribution in [0.2, 0.25) is 0 Å². The number of likely N-dealkylation sites (tertiary alicyclic amines) is 1. The number of benzene rings is 1. The van der Waals surface area contributed by atoms with Crippen molar-refractivity contribution in [3.63, 3.8) is 0 Å². The highest BCUT2D eigenvalue weighted by Gasteiger charge is 2.30. The monoisotopic (exact) mass is 308 g/mol. The van der Waals surface area contributed by atoms with Crippen LogP contribution in [0.15, 0.2) is 17.7 Å². The summed E-state index contributed by atoms with van der Waals surface area (Å²) in [5, 5.41) is 18.4. The van der Waals surface area contributed by atoms with E-state index >= 15 is 0 Å². The number of phenols is 1. The van der Waals surface area contributed by atoms with Gasteiger partial charge in [-0.15, -0.1) is 0 Å². The first-order valence-electron chi connectivity index (χ1n) is 6.43. The van der Waals surface area contributed by atoms with E-state index in [9.17, 15) is 14.7 Å². The van der Waals surface area contributed by atoms with E-state index in [0.29, 0.717) is 17.6 Å². The number of imide groups is 1. The first-order valence-corrected chi connectivity index (χ1v) is 6.43. The van der Waals surface area contributed by atoms with E-state index in [4.69, 9.17) is 14.7 Å². The van der Waals surface area contributed by atoms with Gasteiger partial charge < -0.3 is 14.6 Å². The van der Waals surface area contributed by atoms with Crippen LogP contribution in [0.25, 0.3) is 6.08 Å². The van der Waals surface area contributed by atoms with E-state index in [0.717, 1.165) is 4.90 Å². The molecule has 1 aromatic rings. The SMILES string of the molecule is COc1cc(C=C2CCN(C(=O)NO)C2=O)cc(OC)c1O. The minimum absolute atomic E-state index is 0.133. The van der Waals surface area contributed by atoms with Crippen molar-refractivity contribution >= 4 is 18.0 Å². The lowest BCUT2D eigenvalue weighted by atomic mass is 10.1. The molecule has 1 fully saturated rings. The van der Waals surface area contributed by atoms with Gasteiger partial charge in [-0.1, -0.05) is 0 Å². The zero-order chi connectivity index (χ0) is 16.3. The maximum absolute atomic E-state index is 12.1. The van der Waals surface area contributed by atoms with Crippen LogP contribution in [0.4, 0.5) is 4.79 Å². The van der Waals surface area contributed by atoms with E-state index in [-0.39, 0.29) is 23.8 Å². The van der Waals surface area contributed by atoms with E-state index in [1.165, 1.54) is 19.7 Å². The second kappa shape index (κ2) is 6.35. The number of rotatable bonds is 3. The fraction of sp³-hybridized carbons (Fsp3) is 0.286. The Labute approximate surface area is 126 Å². The van der Waals surface area contributed by atoms with Gasteiger partial charge in [-0.05, 0) is 30.2 Å². The van der Waals surface area contributed by atoms with Crippen molar-refractivity contribution in [1.29, 1.82) is 0 Å². The van der Waals surface area contributed by atoms with Gasteiger partial charge in [0.25, 0.3) is 5.91 Å². The maximum atomic E-state index is 12.1. The van der Waals surface area contributed by atoms with E-state index < -0.39 is 11.9 Å². The molecule has 0 bridgehead atoms. The quantitative estimate of drug-likeness (QED) is 0.439. The molecule has 1 aliphatic heterocycles. The second-order valence-corrected chi connectivity index (χ2v) is 4.57. The lowest BCUT2D eigenvalue weighted by molar-refractivity contribution is -0.122. The van der Waals surface area contributed by atoms with Gasteiger partial charge in [-0.3, -0.25) is 14.9 Å². The predicted molar refractivity (Wildman–Crippen MR) is 75.8 cm³/mol. The smallest absolute Gasteiger partial charge is 0.348 e. The molecule has 0 spiro atoms. The molecule has 3 N–H and O–H groups in total. The molecule has 22 heavy (non-hydrogen) atoms. The molecule has 0 unspecified atom stereocenters. The van der Waals surface area contributed by atoms with Gasteiger partial charge >= 0.3 is 6.03 Å². The summed E-state index contributed by atoms with van der Waals surface area (Å²) in [6.07, 6.45) is 1.94. The lowest BCUT2D eigenvalue weighted by Crippen LogP contribution is -2.39. The molecule has 1 aliphatic rings. The molecule has 0 saturated carbocycles. The van der Waals surface area contributed by atoms with Crippen LogP contribution >= 0.6 is 0 Å². The minimum atomic E-state index is -0.866. The molecule has 0 radical (unpaired) electrons. The van der Waals surface area contributed by atoms with Crippen molar-refractivity contribution in [1.82, 2.24) is 10.4 Å². The molecule has 1 aromatic carbocycles. The normalized spacial score (nSPS) is 16.0. The number of methoxy groups -OCH3 is 2. The van der Waals surface area contributed by atoms with E-state index in [2.05, 4.69) is 0 Å². The summed E-state index contributed by atoms with van der Waals surface area (Å²) in [7, 11) is 2.80. The summed E-state index contributed by atoms with van der Waals surface area (Å²) in [6, 6.07) is 2.23. The topological polar surface area (TPSA) is 108 Å². The molecule has 8 heteroatoms. The van der Waals surface area contributed by atoms with Gasteiger partial charge in [0.2, 0.25) is 5.75 Å². The van der Waals surface area contributed by atoms with Crippen LogP contribution in [-0.2, 0) is 4.79 Å². The minimum Gasteiger partial charge on any atom is -0.502 e. The third-order valence-corrected chi connectivity index (χ3v) is 3.31. The molecule has 118 valence electrons. The number of nitrogens with one attached hydrogen (secondary N) is 1. The fourth-order valence-corrected chi connectivity index (χ4v) is 2.20.